The Balaban J connectivity index is 0.000000445. The molecule has 0 spiro atoms. The Morgan fingerprint density at radius 3 is 2.30 bits per heavy atom. The lowest BCUT2D eigenvalue weighted by Gasteiger charge is -2.27. The lowest BCUT2D eigenvalue weighted by molar-refractivity contribution is -0.192. The summed E-state index contributed by atoms with van der Waals surface area (Å²) in [7, 11) is 1.20. The molecule has 1 aromatic heterocycles. The maximum atomic E-state index is 12.8. The molecule has 0 saturated heterocycles. The zero-order chi connectivity index (χ0) is 21.0. The average Bonchev–Trinajstić information content (AvgIpc) is 2.49. The van der Waals surface area contributed by atoms with E-state index in [-0.39, 0.29) is 17.9 Å². The van der Waals surface area contributed by atoms with Gasteiger partial charge in [0.25, 0.3) is 5.56 Å². The second-order valence-corrected chi connectivity index (χ2v) is 5.94. The van der Waals surface area contributed by atoms with E-state index >= 15 is 0 Å². The van der Waals surface area contributed by atoms with Crippen molar-refractivity contribution < 1.29 is 36.2 Å². The van der Waals surface area contributed by atoms with Crippen molar-refractivity contribution >= 4 is 11.8 Å². The van der Waals surface area contributed by atoms with Crippen LogP contribution in [0.4, 0.5) is 32.2 Å². The van der Waals surface area contributed by atoms with Crippen molar-refractivity contribution in [1.82, 2.24) is 9.78 Å². The molecule has 7 nitrogen and oxygen atoms in total. The number of nitrogens with one attached hydrogen (secondary N) is 1. The second kappa shape index (κ2) is 8.59. The van der Waals surface area contributed by atoms with Crippen molar-refractivity contribution in [3.05, 3.63) is 22.0 Å². The molecule has 0 unspecified atom stereocenters. The molecule has 1 fully saturated rings. The minimum absolute atomic E-state index is 0.00941. The van der Waals surface area contributed by atoms with E-state index in [0.717, 1.165) is 25.3 Å². The number of hydrogen-bond acceptors (Lipinski definition) is 5. The van der Waals surface area contributed by atoms with Crippen molar-refractivity contribution in [3.63, 3.8) is 0 Å². The molecule has 0 radical (unpaired) electrons. The van der Waals surface area contributed by atoms with Crippen molar-refractivity contribution in [2.75, 3.05) is 5.32 Å². The number of anilines is 1. The van der Waals surface area contributed by atoms with Gasteiger partial charge >= 0.3 is 18.3 Å². The van der Waals surface area contributed by atoms with Crippen LogP contribution in [0, 0.1) is 0 Å². The number of aryl methyl sites for hydroxylation is 1. The van der Waals surface area contributed by atoms with Crippen LogP contribution in [0.2, 0.25) is 0 Å². The SMILES string of the molecule is Cn1nc(N[C@H]2CCC[C@@H](N)C2)cc(C(F)(F)F)c1=O.O=C(O)C(F)(F)F. The van der Waals surface area contributed by atoms with Crippen LogP contribution in [0.1, 0.15) is 31.2 Å². The van der Waals surface area contributed by atoms with E-state index < -0.39 is 29.4 Å². The minimum atomic E-state index is -5.08. The zero-order valence-electron chi connectivity index (χ0n) is 14.1. The van der Waals surface area contributed by atoms with E-state index in [0.29, 0.717) is 11.1 Å². The minimum Gasteiger partial charge on any atom is -0.475 e. The molecular weight excluding hydrogens is 386 g/mol. The summed E-state index contributed by atoms with van der Waals surface area (Å²) < 4.78 is 70.7. The monoisotopic (exact) mass is 404 g/mol. The van der Waals surface area contributed by atoms with Crippen LogP contribution < -0.4 is 16.6 Å². The van der Waals surface area contributed by atoms with Gasteiger partial charge in [-0.05, 0) is 25.7 Å². The van der Waals surface area contributed by atoms with Crippen LogP contribution in [-0.4, -0.2) is 39.1 Å². The molecule has 1 aliphatic carbocycles. The number of alkyl halides is 6. The van der Waals surface area contributed by atoms with Gasteiger partial charge < -0.3 is 16.2 Å². The van der Waals surface area contributed by atoms with Gasteiger partial charge in [0, 0.05) is 25.2 Å². The number of carboxylic acids is 1. The molecule has 154 valence electrons. The van der Waals surface area contributed by atoms with E-state index in [4.69, 9.17) is 15.6 Å². The highest BCUT2D eigenvalue weighted by Gasteiger charge is 2.38. The number of carbonyl (C=O) groups is 1. The number of rotatable bonds is 2. The molecule has 0 bridgehead atoms. The van der Waals surface area contributed by atoms with E-state index in [9.17, 15) is 31.1 Å². The van der Waals surface area contributed by atoms with Gasteiger partial charge in [0.05, 0.1) is 0 Å². The Kier molecular flexibility index (Phi) is 7.23. The van der Waals surface area contributed by atoms with Gasteiger partial charge in [-0.3, -0.25) is 4.79 Å². The van der Waals surface area contributed by atoms with Gasteiger partial charge in [-0.25, -0.2) is 9.48 Å². The number of nitrogens with two attached hydrogens (primary N) is 1. The number of nitrogens with zero attached hydrogens (tertiary/aromatic N) is 2. The van der Waals surface area contributed by atoms with Crippen LogP contribution in [0.25, 0.3) is 0 Å². The second-order valence-electron chi connectivity index (χ2n) is 5.94. The van der Waals surface area contributed by atoms with Gasteiger partial charge in [-0.1, -0.05) is 0 Å². The Labute approximate surface area is 149 Å². The van der Waals surface area contributed by atoms with Crippen LogP contribution >= 0.6 is 0 Å². The summed E-state index contributed by atoms with van der Waals surface area (Å²) in [5.74, 6) is -2.70. The standard InChI is InChI=1S/C12H17F3N4O.C2HF3O2/c1-19-11(20)9(12(13,14)15)6-10(18-19)17-8-4-2-3-7(16)5-8;3-2(4,5)1(6)7/h6-8H,2-5,16H2,1H3,(H,17,18);(H,6,7)/t7-,8+;/m1./s1. The molecule has 13 heteroatoms. The summed E-state index contributed by atoms with van der Waals surface area (Å²) in [4.78, 5) is 20.3. The fourth-order valence-electron chi connectivity index (χ4n) is 2.45. The zero-order valence-corrected chi connectivity index (χ0v) is 14.1. The molecule has 0 aromatic carbocycles. The molecule has 27 heavy (non-hydrogen) atoms. The lowest BCUT2D eigenvalue weighted by Crippen LogP contribution is -2.36. The molecule has 1 saturated carbocycles. The van der Waals surface area contributed by atoms with E-state index in [1.807, 2.05) is 0 Å². The molecule has 2 atom stereocenters. The third-order valence-corrected chi connectivity index (χ3v) is 3.68. The quantitative estimate of drug-likeness (QED) is 0.652. The summed E-state index contributed by atoms with van der Waals surface area (Å²) in [6.07, 6.45) is -6.40. The first-order chi connectivity index (χ1) is 12.2. The fraction of sp³-hybridized carbons (Fsp3) is 0.643. The van der Waals surface area contributed by atoms with Crippen molar-refractivity contribution in [2.24, 2.45) is 12.8 Å². The normalized spacial score (nSPS) is 20.4. The van der Waals surface area contributed by atoms with Gasteiger partial charge in [0.2, 0.25) is 0 Å². The number of carboxylic acid groups (broad SMARTS) is 1. The molecular formula is C14H18F6N4O3. The summed E-state index contributed by atoms with van der Waals surface area (Å²) >= 11 is 0. The Morgan fingerprint density at radius 1 is 1.30 bits per heavy atom. The van der Waals surface area contributed by atoms with E-state index in [2.05, 4.69) is 10.4 Å². The summed E-state index contributed by atoms with van der Waals surface area (Å²) in [5.41, 5.74) is 3.48. The van der Waals surface area contributed by atoms with Crippen molar-refractivity contribution in [3.8, 4) is 0 Å². The van der Waals surface area contributed by atoms with Gasteiger partial charge in [-0.15, -0.1) is 0 Å². The third-order valence-electron chi connectivity index (χ3n) is 3.68. The van der Waals surface area contributed by atoms with Crippen LogP contribution in [-0.2, 0) is 18.0 Å². The van der Waals surface area contributed by atoms with E-state index in [1.54, 1.807) is 0 Å². The highest BCUT2D eigenvalue weighted by molar-refractivity contribution is 5.73. The van der Waals surface area contributed by atoms with Crippen LogP contribution in [0.15, 0.2) is 10.9 Å². The van der Waals surface area contributed by atoms with Crippen molar-refractivity contribution in [2.45, 2.75) is 50.1 Å². The fourth-order valence-corrected chi connectivity index (χ4v) is 2.45. The molecule has 1 aliphatic rings. The lowest BCUT2D eigenvalue weighted by atomic mass is 9.92. The number of halogens is 6. The average molecular weight is 404 g/mol. The Hall–Kier alpha value is -2.31. The molecule has 1 aromatic rings. The van der Waals surface area contributed by atoms with Crippen LogP contribution in [0.3, 0.4) is 0 Å². The predicted molar refractivity (Wildman–Crippen MR) is 82.0 cm³/mol. The molecule has 1 heterocycles. The largest absolute Gasteiger partial charge is 0.490 e. The van der Waals surface area contributed by atoms with Crippen molar-refractivity contribution in [1.29, 1.82) is 0 Å². The highest BCUT2D eigenvalue weighted by Crippen LogP contribution is 2.28. The first kappa shape index (κ1) is 22.7. The molecule has 2 rings (SSSR count). The van der Waals surface area contributed by atoms with E-state index in [1.165, 1.54) is 7.05 Å². The number of aliphatic carboxylic acids is 1. The molecule has 0 aliphatic heterocycles. The maximum Gasteiger partial charge on any atom is 0.490 e. The summed E-state index contributed by atoms with van der Waals surface area (Å²) in [6.45, 7) is 0. The molecule has 0 amide bonds. The first-order valence-corrected chi connectivity index (χ1v) is 7.69. The number of hydrogen-bond donors (Lipinski definition) is 3. The topological polar surface area (TPSA) is 110 Å². The Bertz CT molecular complexity index is 716. The first-order valence-electron chi connectivity index (χ1n) is 7.69. The predicted octanol–water partition coefficient (Wildman–Crippen LogP) is 2.11. The van der Waals surface area contributed by atoms with Gasteiger partial charge in [0.15, 0.2) is 0 Å². The number of aromatic nitrogens is 2. The molecule has 4 N–H and O–H groups in total. The third kappa shape index (κ3) is 7.07. The summed E-state index contributed by atoms with van der Waals surface area (Å²) in [5, 5.41) is 13.9. The smallest absolute Gasteiger partial charge is 0.475 e. The van der Waals surface area contributed by atoms with Gasteiger partial charge in [-0.2, -0.15) is 31.4 Å². The van der Waals surface area contributed by atoms with Crippen LogP contribution in [0.5, 0.6) is 0 Å². The Morgan fingerprint density at radius 2 is 1.85 bits per heavy atom. The highest BCUT2D eigenvalue weighted by atomic mass is 19.4. The van der Waals surface area contributed by atoms with Gasteiger partial charge in [0.1, 0.15) is 11.4 Å². The maximum absolute atomic E-state index is 12.8. The summed E-state index contributed by atoms with van der Waals surface area (Å²) in [6, 6.07) is 0.809.